The number of aliphatic hydroxyl groups excluding tert-OH is 1. The van der Waals surface area contributed by atoms with E-state index in [2.05, 4.69) is 0 Å². The minimum absolute atomic E-state index is 0.0691. The molecule has 26 heavy (non-hydrogen) atoms. The van der Waals surface area contributed by atoms with Crippen molar-refractivity contribution in [2.45, 2.75) is 6.04 Å². The maximum atomic E-state index is 13.7. The van der Waals surface area contributed by atoms with Gasteiger partial charge in [-0.05, 0) is 35.9 Å². The van der Waals surface area contributed by atoms with Gasteiger partial charge in [0.2, 0.25) is 0 Å². The van der Waals surface area contributed by atoms with E-state index in [0.717, 1.165) is 17.0 Å². The van der Waals surface area contributed by atoms with E-state index >= 15 is 0 Å². The second kappa shape index (κ2) is 6.59. The highest BCUT2D eigenvalue weighted by Crippen LogP contribution is 2.40. The van der Waals surface area contributed by atoms with E-state index in [0.29, 0.717) is 5.56 Å². The number of likely N-dealkylation sites (tertiary alicyclic amines) is 1. The summed E-state index contributed by atoms with van der Waals surface area (Å²) in [6.07, 6.45) is 0. The van der Waals surface area contributed by atoms with E-state index < -0.39 is 35.1 Å². The van der Waals surface area contributed by atoms with Crippen molar-refractivity contribution in [3.63, 3.8) is 0 Å². The number of amides is 1. The van der Waals surface area contributed by atoms with Gasteiger partial charge in [-0.2, -0.15) is 0 Å². The molecule has 1 fully saturated rings. The van der Waals surface area contributed by atoms with Crippen LogP contribution in [0.3, 0.4) is 0 Å². The van der Waals surface area contributed by atoms with Crippen molar-refractivity contribution >= 4 is 17.4 Å². The number of benzene rings is 2. The fourth-order valence-corrected chi connectivity index (χ4v) is 3.02. The lowest BCUT2D eigenvalue weighted by Crippen LogP contribution is -2.24. The molecular formula is C19H15F2NO4. The molecule has 1 aliphatic heterocycles. The van der Waals surface area contributed by atoms with Gasteiger partial charge in [0.1, 0.15) is 23.1 Å². The first-order valence-corrected chi connectivity index (χ1v) is 7.69. The number of likely N-dealkylation sites (N-methyl/N-ethyl adjacent to an activating group) is 1. The van der Waals surface area contributed by atoms with Gasteiger partial charge >= 0.3 is 0 Å². The molecule has 1 unspecified atom stereocenters. The lowest BCUT2D eigenvalue weighted by Gasteiger charge is -2.21. The van der Waals surface area contributed by atoms with Crippen LogP contribution in [0.5, 0.6) is 5.75 Å². The number of rotatable bonds is 3. The number of Topliss-reactive ketones (excluding diaryl/α,β-unsaturated/α-hetero) is 1. The third-order valence-corrected chi connectivity index (χ3v) is 4.26. The van der Waals surface area contributed by atoms with E-state index in [4.69, 9.17) is 4.74 Å². The molecule has 1 saturated heterocycles. The molecule has 0 saturated carbocycles. The van der Waals surface area contributed by atoms with Gasteiger partial charge in [0.25, 0.3) is 11.7 Å². The Morgan fingerprint density at radius 3 is 2.46 bits per heavy atom. The fourth-order valence-electron chi connectivity index (χ4n) is 3.02. The third-order valence-electron chi connectivity index (χ3n) is 4.26. The van der Waals surface area contributed by atoms with E-state index in [1.807, 2.05) is 0 Å². The Bertz CT molecular complexity index is 939. The standard InChI is InChI=1S/C19H15F2NO4/c1-22-16(10-4-3-5-11(20)8-10)15(18(24)19(22)25)17(23)13-9-12(21)6-7-14(13)26-2/h3-9,16,23H,1-2H3/b17-15+. The number of aliphatic hydroxyl groups is 1. The highest BCUT2D eigenvalue weighted by molar-refractivity contribution is 6.46. The second-order valence-electron chi connectivity index (χ2n) is 5.81. The number of nitrogens with zero attached hydrogens (tertiary/aromatic N) is 1. The molecule has 0 aliphatic carbocycles. The van der Waals surface area contributed by atoms with Crippen LogP contribution in [0.25, 0.3) is 5.76 Å². The predicted octanol–water partition coefficient (Wildman–Crippen LogP) is 3.02. The summed E-state index contributed by atoms with van der Waals surface area (Å²) < 4.78 is 32.4. The van der Waals surface area contributed by atoms with Gasteiger partial charge in [-0.15, -0.1) is 0 Å². The van der Waals surface area contributed by atoms with Crippen LogP contribution in [-0.2, 0) is 9.59 Å². The van der Waals surface area contributed by atoms with Gasteiger partial charge in [-0.1, -0.05) is 12.1 Å². The molecule has 0 radical (unpaired) electrons. The summed E-state index contributed by atoms with van der Waals surface area (Å²) in [6, 6.07) is 7.79. The zero-order valence-corrected chi connectivity index (χ0v) is 14.0. The summed E-state index contributed by atoms with van der Waals surface area (Å²) in [5.74, 6) is -3.45. The SMILES string of the molecule is COc1ccc(F)cc1/C(O)=C1\C(=O)C(=O)N(C)C1c1cccc(F)c1. The molecule has 134 valence electrons. The van der Waals surface area contributed by atoms with Crippen LogP contribution in [-0.4, -0.2) is 35.9 Å². The van der Waals surface area contributed by atoms with Gasteiger partial charge < -0.3 is 14.7 Å². The molecule has 1 heterocycles. The van der Waals surface area contributed by atoms with E-state index in [9.17, 15) is 23.5 Å². The quantitative estimate of drug-likeness (QED) is 0.520. The first-order valence-electron chi connectivity index (χ1n) is 7.69. The minimum atomic E-state index is -1.00. The molecule has 3 rings (SSSR count). The summed E-state index contributed by atoms with van der Waals surface area (Å²) in [4.78, 5) is 25.7. The van der Waals surface area contributed by atoms with Crippen LogP contribution in [0, 0.1) is 11.6 Å². The average molecular weight is 359 g/mol. The number of methoxy groups -OCH3 is 1. The molecule has 1 aliphatic rings. The maximum absolute atomic E-state index is 13.7. The molecule has 7 heteroatoms. The van der Waals surface area contributed by atoms with Gasteiger partial charge in [0, 0.05) is 7.05 Å². The number of hydrogen-bond acceptors (Lipinski definition) is 4. The topological polar surface area (TPSA) is 66.8 Å². The number of carbonyl (C=O) groups excluding carboxylic acids is 2. The third kappa shape index (κ3) is 2.81. The van der Waals surface area contributed by atoms with Crippen molar-refractivity contribution in [2.75, 3.05) is 14.2 Å². The van der Waals surface area contributed by atoms with Crippen molar-refractivity contribution in [3.05, 3.63) is 70.8 Å². The summed E-state index contributed by atoms with van der Waals surface area (Å²) in [5, 5.41) is 10.7. The Morgan fingerprint density at radius 1 is 1.12 bits per heavy atom. The van der Waals surface area contributed by atoms with Crippen molar-refractivity contribution in [2.24, 2.45) is 0 Å². The van der Waals surface area contributed by atoms with Crippen LogP contribution in [0.1, 0.15) is 17.2 Å². The number of ether oxygens (including phenoxy) is 1. The molecule has 0 aromatic heterocycles. The smallest absolute Gasteiger partial charge is 0.295 e. The van der Waals surface area contributed by atoms with Crippen LogP contribution < -0.4 is 4.74 Å². The largest absolute Gasteiger partial charge is 0.507 e. The zero-order valence-electron chi connectivity index (χ0n) is 14.0. The Kier molecular flexibility index (Phi) is 4.46. The molecule has 0 spiro atoms. The Balaban J connectivity index is 2.25. The monoisotopic (exact) mass is 359 g/mol. The molecule has 1 atom stereocenters. The van der Waals surface area contributed by atoms with Crippen LogP contribution in [0.2, 0.25) is 0 Å². The van der Waals surface area contributed by atoms with Gasteiger partial charge in [-0.3, -0.25) is 9.59 Å². The lowest BCUT2D eigenvalue weighted by atomic mass is 9.95. The van der Waals surface area contributed by atoms with Crippen molar-refractivity contribution < 1.29 is 28.2 Å². The normalized spacial score (nSPS) is 19.1. The van der Waals surface area contributed by atoms with E-state index in [1.165, 1.54) is 44.5 Å². The van der Waals surface area contributed by atoms with E-state index in [1.54, 1.807) is 0 Å². The van der Waals surface area contributed by atoms with Crippen LogP contribution in [0.15, 0.2) is 48.0 Å². The molecule has 2 aromatic rings. The average Bonchev–Trinajstić information content (AvgIpc) is 2.85. The van der Waals surface area contributed by atoms with Crippen molar-refractivity contribution in [3.8, 4) is 5.75 Å². The van der Waals surface area contributed by atoms with Crippen molar-refractivity contribution in [1.82, 2.24) is 4.90 Å². The molecule has 2 aromatic carbocycles. The van der Waals surface area contributed by atoms with Crippen molar-refractivity contribution in [1.29, 1.82) is 0 Å². The van der Waals surface area contributed by atoms with Gasteiger partial charge in [-0.25, -0.2) is 8.78 Å². The van der Waals surface area contributed by atoms with Crippen LogP contribution >= 0.6 is 0 Å². The minimum Gasteiger partial charge on any atom is -0.507 e. The van der Waals surface area contributed by atoms with Gasteiger partial charge in [0.05, 0.1) is 24.3 Å². The zero-order chi connectivity index (χ0) is 19.0. The molecular weight excluding hydrogens is 344 g/mol. The maximum Gasteiger partial charge on any atom is 0.295 e. The van der Waals surface area contributed by atoms with Crippen LogP contribution in [0.4, 0.5) is 8.78 Å². The Morgan fingerprint density at radius 2 is 1.81 bits per heavy atom. The summed E-state index contributed by atoms with van der Waals surface area (Å²) in [5.41, 5.74) is -0.0176. The Labute approximate surface area is 148 Å². The number of hydrogen-bond donors (Lipinski definition) is 1. The highest BCUT2D eigenvalue weighted by atomic mass is 19.1. The first kappa shape index (κ1) is 17.6. The summed E-state index contributed by atoms with van der Waals surface area (Å²) in [7, 11) is 2.70. The Hall–Kier alpha value is -3.22. The van der Waals surface area contributed by atoms with Gasteiger partial charge in [0.15, 0.2) is 0 Å². The number of ketones is 1. The molecule has 5 nitrogen and oxygen atoms in total. The molecule has 1 N–H and O–H groups in total. The summed E-state index contributed by atoms with van der Waals surface area (Å²) >= 11 is 0. The second-order valence-corrected chi connectivity index (χ2v) is 5.81. The van der Waals surface area contributed by atoms with E-state index in [-0.39, 0.29) is 16.9 Å². The summed E-state index contributed by atoms with van der Waals surface area (Å²) in [6.45, 7) is 0. The molecule has 0 bridgehead atoms. The highest BCUT2D eigenvalue weighted by Gasteiger charge is 2.44. The predicted molar refractivity (Wildman–Crippen MR) is 89.4 cm³/mol. The first-order chi connectivity index (χ1) is 12.3. The lowest BCUT2D eigenvalue weighted by molar-refractivity contribution is -0.139. The molecule has 1 amide bonds. The number of halogens is 2. The fraction of sp³-hybridized carbons (Fsp3) is 0.158. The number of carbonyl (C=O) groups is 2.